The van der Waals surface area contributed by atoms with Crippen molar-refractivity contribution in [2.24, 2.45) is 5.92 Å². The van der Waals surface area contributed by atoms with Crippen molar-refractivity contribution in [3.05, 3.63) is 59.2 Å². The maximum absolute atomic E-state index is 12.9. The molecule has 1 heterocycles. The van der Waals surface area contributed by atoms with Crippen molar-refractivity contribution in [3.63, 3.8) is 0 Å². The van der Waals surface area contributed by atoms with Crippen LogP contribution in [0, 0.1) is 5.92 Å². The lowest BCUT2D eigenvalue weighted by Gasteiger charge is -2.52. The van der Waals surface area contributed by atoms with Gasteiger partial charge in [0.25, 0.3) is 0 Å². The van der Waals surface area contributed by atoms with Crippen LogP contribution < -0.4 is 0 Å². The smallest absolute Gasteiger partial charge is 0.338 e. The van der Waals surface area contributed by atoms with E-state index in [0.29, 0.717) is 12.0 Å². The highest BCUT2D eigenvalue weighted by molar-refractivity contribution is 6.74. The van der Waals surface area contributed by atoms with E-state index in [9.17, 15) is 4.79 Å². The van der Waals surface area contributed by atoms with Crippen molar-refractivity contribution in [3.8, 4) is 0 Å². The average molecular weight is 661 g/mol. The fourth-order valence-electron chi connectivity index (χ4n) is 5.09. The Bertz CT molecular complexity index is 1170. The number of hydrogen-bond donors (Lipinski definition) is 0. The Morgan fingerprint density at radius 1 is 0.933 bits per heavy atom. The first-order chi connectivity index (χ1) is 20.4. The topological polar surface area (TPSA) is 63.2 Å². The molecule has 5 atom stereocenters. The van der Waals surface area contributed by atoms with Gasteiger partial charge < -0.3 is 23.1 Å². The number of ether oxygens (including phenoxy) is 3. The molecule has 1 fully saturated rings. The zero-order chi connectivity index (χ0) is 34.6. The van der Waals surface area contributed by atoms with Gasteiger partial charge in [0, 0.05) is 12.3 Å². The molecule has 1 saturated heterocycles. The summed E-state index contributed by atoms with van der Waals surface area (Å²) in [5.41, 5.74) is 2.89. The highest BCUT2D eigenvalue weighted by Gasteiger charge is 2.52. The van der Waals surface area contributed by atoms with Crippen molar-refractivity contribution in [2.75, 3.05) is 6.61 Å². The molecule has 0 N–H and O–H groups in total. The lowest BCUT2D eigenvalue weighted by Crippen LogP contribution is -2.62. The minimum atomic E-state index is -2.32. The fourth-order valence-corrected chi connectivity index (χ4v) is 7.77. The molecule has 0 spiro atoms. The van der Waals surface area contributed by atoms with Gasteiger partial charge >= 0.3 is 5.97 Å². The number of benzene rings is 1. The van der Waals surface area contributed by atoms with Gasteiger partial charge in [-0.3, -0.25) is 0 Å². The first-order valence-electron chi connectivity index (χ1n) is 16.7. The first-order valence-corrected chi connectivity index (χ1v) is 22.5. The number of carbonyl (C=O) groups excluding carboxylic acids is 1. The van der Waals surface area contributed by atoms with Crippen molar-refractivity contribution in [1.29, 1.82) is 0 Å². The van der Waals surface area contributed by atoms with Crippen molar-refractivity contribution in [1.82, 2.24) is 0 Å². The molecule has 8 heteroatoms. The molecule has 1 aliphatic rings. The average Bonchev–Trinajstić information content (AvgIpc) is 2.91. The van der Waals surface area contributed by atoms with E-state index in [2.05, 4.69) is 108 Å². The van der Waals surface area contributed by atoms with Gasteiger partial charge in [0.05, 0.1) is 36.6 Å². The Morgan fingerprint density at radius 2 is 1.47 bits per heavy atom. The summed E-state index contributed by atoms with van der Waals surface area (Å²) < 4.78 is 34.0. The van der Waals surface area contributed by atoms with Gasteiger partial charge in [-0.15, -0.1) is 0 Å². The van der Waals surface area contributed by atoms with E-state index in [1.54, 1.807) is 12.1 Å². The third-order valence-corrected chi connectivity index (χ3v) is 19.0. The van der Waals surface area contributed by atoms with E-state index < -0.39 is 28.5 Å². The van der Waals surface area contributed by atoms with Gasteiger partial charge in [-0.05, 0) is 88.6 Å². The van der Waals surface area contributed by atoms with E-state index in [1.165, 1.54) is 5.57 Å². The molecule has 0 unspecified atom stereocenters. The van der Waals surface area contributed by atoms with Crippen molar-refractivity contribution < 1.29 is 27.9 Å². The molecule has 1 aliphatic heterocycles. The SMILES string of the molecule is C/C=C(C)/C=C(\C)[C@H]1OC(C)(C)O[C@@H]([C@H](O[Si](C)(C)C(C)(C)C)[C@H](CCOC(=O)c2ccccc2)O[Si](C)(C)C(C)(C)C)[C@H]1C. The fraction of sp³-hybridized carbons (Fsp3) is 0.703. The standard InChI is InChI=1S/C37H64O6Si2/c1-17-26(2)25-27(3)31-28(4)32(41-37(11,12)40-31)33(43-45(15,16)36(8,9)10)30(42-44(13,14)35(5,6)7)23-24-39-34(38)29-21-19-18-20-22-29/h17-22,25,28,30-33H,23-24H2,1-16H3/b26-17+,27-25+/t28-,30-,31+,32+,33+/m0/s1. The predicted molar refractivity (Wildman–Crippen MR) is 192 cm³/mol. The van der Waals surface area contributed by atoms with Crippen LogP contribution in [-0.2, 0) is 23.1 Å². The second kappa shape index (κ2) is 15.1. The van der Waals surface area contributed by atoms with Gasteiger partial charge in [0.2, 0.25) is 0 Å². The highest BCUT2D eigenvalue weighted by atomic mass is 28.4. The van der Waals surface area contributed by atoms with Crippen LogP contribution in [0.5, 0.6) is 0 Å². The first kappa shape index (κ1) is 39.6. The van der Waals surface area contributed by atoms with Gasteiger partial charge in [0.15, 0.2) is 22.4 Å². The zero-order valence-electron chi connectivity index (χ0n) is 31.3. The number of carbonyl (C=O) groups is 1. The third-order valence-electron chi connectivity index (χ3n) is 10.0. The molecule has 6 nitrogen and oxygen atoms in total. The molecule has 1 aromatic carbocycles. The maximum atomic E-state index is 12.9. The van der Waals surface area contributed by atoms with Crippen molar-refractivity contribution >= 4 is 22.6 Å². The Balaban J connectivity index is 2.64. The Kier molecular flexibility index (Phi) is 13.3. The minimum absolute atomic E-state index is 0.0221. The summed E-state index contributed by atoms with van der Waals surface area (Å²) in [6.07, 6.45) is 3.58. The quantitative estimate of drug-likeness (QED) is 0.126. The molecule has 0 saturated carbocycles. The van der Waals surface area contributed by atoms with Gasteiger partial charge in [0.1, 0.15) is 0 Å². The molecule has 1 aromatic rings. The molecule has 0 radical (unpaired) electrons. The maximum Gasteiger partial charge on any atom is 0.338 e. The lowest BCUT2D eigenvalue weighted by atomic mass is 9.85. The second-order valence-corrected chi connectivity index (χ2v) is 25.9. The van der Waals surface area contributed by atoms with E-state index >= 15 is 0 Å². The summed E-state index contributed by atoms with van der Waals surface area (Å²) in [4.78, 5) is 12.9. The number of esters is 1. The summed E-state index contributed by atoms with van der Waals surface area (Å²) in [6.45, 7) is 35.3. The predicted octanol–water partition coefficient (Wildman–Crippen LogP) is 10.1. The molecule has 0 aromatic heterocycles. The Labute approximate surface area is 277 Å². The summed E-state index contributed by atoms with van der Waals surface area (Å²) in [5.74, 6) is -1.19. The molecule has 0 amide bonds. The van der Waals surface area contributed by atoms with Crippen molar-refractivity contribution in [2.45, 2.75) is 156 Å². The van der Waals surface area contributed by atoms with Crippen LogP contribution in [0.25, 0.3) is 0 Å². The van der Waals surface area contributed by atoms with Crippen LogP contribution in [0.2, 0.25) is 36.3 Å². The zero-order valence-corrected chi connectivity index (χ0v) is 33.3. The van der Waals surface area contributed by atoms with E-state index in [-0.39, 0.29) is 46.9 Å². The van der Waals surface area contributed by atoms with Crippen LogP contribution in [0.1, 0.15) is 99.9 Å². The van der Waals surface area contributed by atoms with Crippen LogP contribution in [0.15, 0.2) is 53.6 Å². The summed E-state index contributed by atoms with van der Waals surface area (Å²) >= 11 is 0. The summed E-state index contributed by atoms with van der Waals surface area (Å²) in [6, 6.07) is 9.14. The summed E-state index contributed by atoms with van der Waals surface area (Å²) in [5, 5.41) is -0.0600. The molecule has 2 rings (SSSR count). The van der Waals surface area contributed by atoms with E-state index in [0.717, 1.165) is 5.57 Å². The normalized spacial score (nSPS) is 23.4. The number of allylic oxidation sites excluding steroid dienone is 3. The van der Waals surface area contributed by atoms with Crippen LogP contribution in [0.4, 0.5) is 0 Å². The lowest BCUT2D eigenvalue weighted by molar-refractivity contribution is -0.328. The molecular weight excluding hydrogens is 597 g/mol. The molecule has 0 bridgehead atoms. The van der Waals surface area contributed by atoms with Gasteiger partial charge in [-0.25, -0.2) is 4.79 Å². The molecule has 256 valence electrons. The molecular formula is C37H64O6Si2. The Hall–Kier alpha value is -1.56. The van der Waals surface area contributed by atoms with Crippen LogP contribution in [0.3, 0.4) is 0 Å². The van der Waals surface area contributed by atoms with E-state index in [1.807, 2.05) is 32.0 Å². The van der Waals surface area contributed by atoms with Crippen LogP contribution in [-0.4, -0.2) is 59.4 Å². The minimum Gasteiger partial charge on any atom is -0.462 e. The number of hydrogen-bond acceptors (Lipinski definition) is 6. The monoisotopic (exact) mass is 660 g/mol. The molecule has 0 aliphatic carbocycles. The number of rotatable bonds is 12. The largest absolute Gasteiger partial charge is 0.462 e. The Morgan fingerprint density at radius 3 is 1.98 bits per heavy atom. The highest BCUT2D eigenvalue weighted by Crippen LogP contribution is 2.45. The third kappa shape index (κ3) is 10.7. The van der Waals surface area contributed by atoms with Crippen LogP contribution >= 0.6 is 0 Å². The second-order valence-electron chi connectivity index (χ2n) is 16.4. The summed E-state index contributed by atoms with van der Waals surface area (Å²) in [7, 11) is -4.61. The molecule has 45 heavy (non-hydrogen) atoms. The van der Waals surface area contributed by atoms with E-state index in [4.69, 9.17) is 23.1 Å². The van der Waals surface area contributed by atoms with Gasteiger partial charge in [-0.1, -0.05) is 84.4 Å². The van der Waals surface area contributed by atoms with Gasteiger partial charge in [-0.2, -0.15) is 0 Å².